The van der Waals surface area contributed by atoms with Crippen LogP contribution < -0.4 is 5.48 Å². The first-order valence-corrected chi connectivity index (χ1v) is 7.72. The highest BCUT2D eigenvalue weighted by Crippen LogP contribution is 2.48. The molecule has 1 N–H and O–H groups in total. The Bertz CT molecular complexity index is 638. The van der Waals surface area contributed by atoms with Crippen molar-refractivity contribution in [2.75, 3.05) is 0 Å². The van der Waals surface area contributed by atoms with Crippen molar-refractivity contribution in [2.24, 2.45) is 0 Å². The lowest BCUT2D eigenvalue weighted by atomic mass is 9.95. The van der Waals surface area contributed by atoms with Crippen LogP contribution in [0, 0.1) is 0 Å². The van der Waals surface area contributed by atoms with Crippen LogP contribution in [0.4, 0.5) is 0 Å². The summed E-state index contributed by atoms with van der Waals surface area (Å²) in [5, 5.41) is 0. The largest absolute Gasteiger partial charge is 0.272 e. The predicted molar refractivity (Wildman–Crippen MR) is 84.4 cm³/mol. The summed E-state index contributed by atoms with van der Waals surface area (Å²) in [6, 6.07) is 17.7. The Hall–Kier alpha value is -1.65. The molecule has 0 aromatic heterocycles. The lowest BCUT2D eigenvalue weighted by Gasteiger charge is -2.15. The van der Waals surface area contributed by atoms with Gasteiger partial charge in [-0.05, 0) is 36.1 Å². The van der Waals surface area contributed by atoms with Crippen molar-refractivity contribution in [3.63, 3.8) is 0 Å². The second kappa shape index (κ2) is 6.00. The highest BCUT2D eigenvalue weighted by atomic mass is 79.9. The van der Waals surface area contributed by atoms with Crippen LogP contribution in [0.2, 0.25) is 0 Å². The van der Waals surface area contributed by atoms with Crippen LogP contribution in [0.25, 0.3) is 0 Å². The molecule has 0 unspecified atom stereocenters. The summed E-state index contributed by atoms with van der Waals surface area (Å²) >= 11 is 3.45. The third kappa shape index (κ3) is 3.17. The third-order valence-electron chi connectivity index (χ3n) is 3.81. The van der Waals surface area contributed by atoms with E-state index in [9.17, 15) is 4.79 Å². The van der Waals surface area contributed by atoms with Gasteiger partial charge in [-0.15, -0.1) is 0 Å². The fraction of sp³-hybridized carbons (Fsp3) is 0.235. The van der Waals surface area contributed by atoms with E-state index in [0.29, 0.717) is 6.61 Å². The van der Waals surface area contributed by atoms with Crippen LogP contribution in [0.3, 0.4) is 0 Å². The summed E-state index contributed by atoms with van der Waals surface area (Å²) in [7, 11) is 0. The molecule has 0 atom stereocenters. The second-order valence-corrected chi connectivity index (χ2v) is 6.21. The molecule has 108 valence electrons. The van der Waals surface area contributed by atoms with E-state index < -0.39 is 5.41 Å². The maximum Gasteiger partial charge on any atom is 0.254 e. The molecule has 0 bridgehead atoms. The van der Waals surface area contributed by atoms with Crippen LogP contribution in [0.1, 0.15) is 24.0 Å². The lowest BCUT2D eigenvalue weighted by molar-refractivity contribution is -0.137. The van der Waals surface area contributed by atoms with Crippen LogP contribution in [0.5, 0.6) is 0 Å². The average molecular weight is 346 g/mol. The topological polar surface area (TPSA) is 38.3 Å². The fourth-order valence-electron chi connectivity index (χ4n) is 2.41. The number of halogens is 1. The first kappa shape index (κ1) is 14.3. The molecule has 1 saturated carbocycles. The zero-order chi connectivity index (χ0) is 14.7. The first-order chi connectivity index (χ1) is 10.2. The minimum Gasteiger partial charge on any atom is -0.272 e. The van der Waals surface area contributed by atoms with Gasteiger partial charge < -0.3 is 0 Å². The molecule has 0 aliphatic heterocycles. The summed E-state index contributed by atoms with van der Waals surface area (Å²) in [5.74, 6) is -0.0588. The Kier molecular flexibility index (Phi) is 4.08. The fourth-order valence-corrected chi connectivity index (χ4v) is 2.81. The van der Waals surface area contributed by atoms with E-state index in [1.807, 2.05) is 54.6 Å². The number of benzene rings is 2. The molecule has 2 aromatic rings. The van der Waals surface area contributed by atoms with Gasteiger partial charge in [0.15, 0.2) is 0 Å². The predicted octanol–water partition coefficient (Wildman–Crippen LogP) is 3.73. The number of hydrogen-bond acceptors (Lipinski definition) is 2. The van der Waals surface area contributed by atoms with Gasteiger partial charge in [-0.2, -0.15) is 0 Å². The Labute approximate surface area is 132 Å². The molecule has 1 fully saturated rings. The van der Waals surface area contributed by atoms with Crippen molar-refractivity contribution in [3.05, 3.63) is 70.2 Å². The normalized spacial score (nSPS) is 15.5. The van der Waals surface area contributed by atoms with Crippen molar-refractivity contribution in [2.45, 2.75) is 24.9 Å². The second-order valence-electron chi connectivity index (χ2n) is 5.30. The smallest absolute Gasteiger partial charge is 0.254 e. The van der Waals surface area contributed by atoms with E-state index in [4.69, 9.17) is 4.84 Å². The Balaban J connectivity index is 1.60. The number of carbonyl (C=O) groups is 1. The number of hydroxylamine groups is 1. The monoisotopic (exact) mass is 345 g/mol. The molecule has 0 spiro atoms. The molecule has 0 radical (unpaired) electrons. The summed E-state index contributed by atoms with van der Waals surface area (Å²) in [4.78, 5) is 17.7. The van der Waals surface area contributed by atoms with Crippen molar-refractivity contribution < 1.29 is 9.63 Å². The van der Waals surface area contributed by atoms with E-state index in [0.717, 1.165) is 28.4 Å². The molecule has 21 heavy (non-hydrogen) atoms. The van der Waals surface area contributed by atoms with Crippen LogP contribution in [0.15, 0.2) is 59.1 Å². The average Bonchev–Trinajstić information content (AvgIpc) is 3.30. The van der Waals surface area contributed by atoms with Crippen LogP contribution >= 0.6 is 15.9 Å². The van der Waals surface area contributed by atoms with Crippen molar-refractivity contribution >= 4 is 21.8 Å². The Morgan fingerprint density at radius 3 is 2.57 bits per heavy atom. The molecule has 3 nitrogen and oxygen atoms in total. The van der Waals surface area contributed by atoms with E-state index in [1.165, 1.54) is 0 Å². The van der Waals surface area contributed by atoms with Crippen LogP contribution in [-0.4, -0.2) is 5.91 Å². The Morgan fingerprint density at radius 1 is 1.14 bits per heavy atom. The molecular weight excluding hydrogens is 330 g/mol. The maximum atomic E-state index is 12.4. The SMILES string of the molecule is O=C(NOCc1ccccc1)C1(c2cccc(Br)c2)CC1. The van der Waals surface area contributed by atoms with E-state index in [1.54, 1.807) is 0 Å². The number of nitrogens with one attached hydrogen (secondary N) is 1. The number of hydrogen-bond donors (Lipinski definition) is 1. The highest BCUT2D eigenvalue weighted by molar-refractivity contribution is 9.10. The quantitative estimate of drug-likeness (QED) is 0.838. The molecule has 3 rings (SSSR count). The molecule has 0 heterocycles. The molecule has 4 heteroatoms. The first-order valence-electron chi connectivity index (χ1n) is 6.93. The molecule has 1 amide bonds. The molecule has 1 aliphatic rings. The van der Waals surface area contributed by atoms with Gasteiger partial charge in [-0.25, -0.2) is 5.48 Å². The van der Waals surface area contributed by atoms with Gasteiger partial charge in [0.25, 0.3) is 5.91 Å². The molecule has 2 aromatic carbocycles. The lowest BCUT2D eigenvalue weighted by Crippen LogP contribution is -2.34. The standard InChI is InChI=1S/C17H16BrNO2/c18-15-8-4-7-14(11-15)17(9-10-17)16(20)19-21-12-13-5-2-1-3-6-13/h1-8,11H,9-10,12H2,(H,19,20). The van der Waals surface area contributed by atoms with E-state index in [-0.39, 0.29) is 5.91 Å². The zero-order valence-electron chi connectivity index (χ0n) is 11.5. The van der Waals surface area contributed by atoms with Crippen molar-refractivity contribution in [1.82, 2.24) is 5.48 Å². The summed E-state index contributed by atoms with van der Waals surface area (Å²) in [5.41, 5.74) is 4.25. The van der Waals surface area contributed by atoms with Gasteiger partial charge >= 0.3 is 0 Å². The molecule has 0 saturated heterocycles. The summed E-state index contributed by atoms with van der Waals surface area (Å²) in [6.07, 6.45) is 1.73. The van der Waals surface area contributed by atoms with Gasteiger partial charge in [-0.3, -0.25) is 9.63 Å². The van der Waals surface area contributed by atoms with Gasteiger partial charge in [0.1, 0.15) is 0 Å². The number of rotatable bonds is 5. The minimum atomic E-state index is -0.416. The summed E-state index contributed by atoms with van der Waals surface area (Å²) in [6.45, 7) is 0.376. The number of carbonyl (C=O) groups excluding carboxylic acids is 1. The van der Waals surface area contributed by atoms with Crippen molar-refractivity contribution in [1.29, 1.82) is 0 Å². The van der Waals surface area contributed by atoms with E-state index in [2.05, 4.69) is 21.4 Å². The van der Waals surface area contributed by atoms with E-state index >= 15 is 0 Å². The number of amides is 1. The third-order valence-corrected chi connectivity index (χ3v) is 4.30. The molecular formula is C17H16BrNO2. The minimum absolute atomic E-state index is 0.0588. The zero-order valence-corrected chi connectivity index (χ0v) is 13.1. The van der Waals surface area contributed by atoms with Crippen LogP contribution in [-0.2, 0) is 21.7 Å². The van der Waals surface area contributed by atoms with Crippen molar-refractivity contribution in [3.8, 4) is 0 Å². The van der Waals surface area contributed by atoms with Gasteiger partial charge in [0.05, 0.1) is 12.0 Å². The van der Waals surface area contributed by atoms with Gasteiger partial charge in [0, 0.05) is 4.47 Å². The van der Waals surface area contributed by atoms with Gasteiger partial charge in [-0.1, -0.05) is 58.4 Å². The molecule has 1 aliphatic carbocycles. The highest BCUT2D eigenvalue weighted by Gasteiger charge is 2.51. The Morgan fingerprint density at radius 2 is 1.90 bits per heavy atom. The van der Waals surface area contributed by atoms with Gasteiger partial charge in [0.2, 0.25) is 0 Å². The maximum absolute atomic E-state index is 12.4. The summed E-state index contributed by atoms with van der Waals surface area (Å²) < 4.78 is 0.990.